The summed E-state index contributed by atoms with van der Waals surface area (Å²) in [4.78, 5) is 14.0. The Hall–Kier alpha value is -2.30. The highest BCUT2D eigenvalue weighted by molar-refractivity contribution is 6.04. The summed E-state index contributed by atoms with van der Waals surface area (Å²) in [5.41, 5.74) is 2.91. The van der Waals surface area contributed by atoms with Gasteiger partial charge in [0.15, 0.2) is 0 Å². The summed E-state index contributed by atoms with van der Waals surface area (Å²) in [5.74, 6) is 4.80. The van der Waals surface area contributed by atoms with E-state index in [1.807, 2.05) is 37.4 Å². The minimum absolute atomic E-state index is 0.158. The van der Waals surface area contributed by atoms with Crippen molar-refractivity contribution in [2.45, 2.75) is 6.42 Å². The lowest BCUT2D eigenvalue weighted by atomic mass is 10.1. The van der Waals surface area contributed by atoms with Crippen LogP contribution in [0.15, 0.2) is 34.9 Å². The highest BCUT2D eigenvalue weighted by atomic mass is 16.1. The average molecular weight is 244 g/mol. The van der Waals surface area contributed by atoms with Crippen LogP contribution in [0, 0.1) is 0 Å². The molecule has 0 aromatic heterocycles. The van der Waals surface area contributed by atoms with Gasteiger partial charge in [-0.05, 0) is 24.1 Å². The van der Waals surface area contributed by atoms with E-state index in [2.05, 4.69) is 15.3 Å². The lowest BCUT2D eigenvalue weighted by molar-refractivity contribution is -0.116. The maximum Gasteiger partial charge on any atom is 0.252 e. The second-order valence-electron chi connectivity index (χ2n) is 4.15. The third-order valence-electron chi connectivity index (χ3n) is 2.96. The summed E-state index contributed by atoms with van der Waals surface area (Å²) < 4.78 is 0. The van der Waals surface area contributed by atoms with Crippen LogP contribution in [0.5, 0.6) is 0 Å². The summed E-state index contributed by atoms with van der Waals surface area (Å²) in [5, 5.41) is 5.79. The van der Waals surface area contributed by atoms with Gasteiger partial charge in [0.05, 0.1) is 0 Å². The molecule has 0 spiro atoms. The molecule has 5 nitrogen and oxygen atoms in total. The van der Waals surface area contributed by atoms with Gasteiger partial charge in [-0.15, -0.1) is 0 Å². The zero-order chi connectivity index (χ0) is 13.0. The van der Waals surface area contributed by atoms with Gasteiger partial charge in [0.2, 0.25) is 0 Å². The van der Waals surface area contributed by atoms with Gasteiger partial charge in [0, 0.05) is 24.9 Å². The zero-order valence-electron chi connectivity index (χ0n) is 10.3. The zero-order valence-corrected chi connectivity index (χ0v) is 10.3. The first-order chi connectivity index (χ1) is 8.72. The summed E-state index contributed by atoms with van der Waals surface area (Å²) in [6.07, 6.45) is 3.80. The average Bonchev–Trinajstić information content (AvgIpc) is 2.56. The van der Waals surface area contributed by atoms with E-state index in [4.69, 9.17) is 5.84 Å². The Morgan fingerprint density at radius 3 is 3.06 bits per heavy atom. The van der Waals surface area contributed by atoms with Crippen LogP contribution in [-0.2, 0) is 4.79 Å². The van der Waals surface area contributed by atoms with E-state index in [9.17, 15) is 4.79 Å². The van der Waals surface area contributed by atoms with Crippen molar-refractivity contribution in [1.29, 1.82) is 0 Å². The molecule has 1 heterocycles. The molecule has 0 saturated heterocycles. The first-order valence-electron chi connectivity index (χ1n) is 5.75. The van der Waals surface area contributed by atoms with Gasteiger partial charge >= 0.3 is 0 Å². The highest BCUT2D eigenvalue weighted by Crippen LogP contribution is 2.26. The van der Waals surface area contributed by atoms with Crippen molar-refractivity contribution in [2.75, 3.05) is 18.5 Å². The molecule has 1 aliphatic rings. The number of carbonyl (C=O) groups excluding carboxylic acids is 1. The van der Waals surface area contributed by atoms with E-state index in [0.717, 1.165) is 23.4 Å². The first kappa shape index (κ1) is 12.2. The minimum atomic E-state index is -0.158. The van der Waals surface area contributed by atoms with Crippen LogP contribution in [-0.4, -0.2) is 25.8 Å². The van der Waals surface area contributed by atoms with Gasteiger partial charge in [-0.25, -0.2) is 0 Å². The SMILES string of the molecule is CN1CCC(C(=O)NC=NN)=Cc2ccccc21. The maximum absolute atomic E-state index is 11.9. The van der Waals surface area contributed by atoms with Gasteiger partial charge in [-0.2, -0.15) is 5.10 Å². The molecule has 0 radical (unpaired) electrons. The Balaban J connectivity index is 2.30. The van der Waals surface area contributed by atoms with Crippen molar-refractivity contribution < 1.29 is 4.79 Å². The van der Waals surface area contributed by atoms with E-state index in [1.54, 1.807) is 0 Å². The molecule has 0 atom stereocenters. The minimum Gasteiger partial charge on any atom is -0.374 e. The molecule has 5 heteroatoms. The summed E-state index contributed by atoms with van der Waals surface area (Å²) in [6, 6.07) is 8.01. The molecule has 3 N–H and O–H groups in total. The van der Waals surface area contributed by atoms with Gasteiger partial charge in [-0.1, -0.05) is 18.2 Å². The molecule has 1 amide bonds. The number of nitrogens with one attached hydrogen (secondary N) is 1. The molecule has 94 valence electrons. The molecular weight excluding hydrogens is 228 g/mol. The van der Waals surface area contributed by atoms with Gasteiger partial charge < -0.3 is 16.1 Å². The predicted molar refractivity (Wildman–Crippen MR) is 73.1 cm³/mol. The van der Waals surface area contributed by atoms with Gasteiger partial charge in [-0.3, -0.25) is 4.79 Å². The third-order valence-corrected chi connectivity index (χ3v) is 2.96. The predicted octanol–water partition coefficient (Wildman–Crippen LogP) is 0.928. The Morgan fingerprint density at radius 1 is 1.50 bits per heavy atom. The highest BCUT2D eigenvalue weighted by Gasteiger charge is 2.16. The standard InChI is InChI=1S/C13H16N4O/c1-17-7-6-11(13(18)15-9-16-14)8-10-4-2-3-5-12(10)17/h2-5,8-9H,6-7,14H2,1H3,(H,15,16,18). The van der Waals surface area contributed by atoms with Gasteiger partial charge in [0.25, 0.3) is 5.91 Å². The van der Waals surface area contributed by atoms with E-state index in [0.29, 0.717) is 6.42 Å². The number of nitrogens with two attached hydrogens (primary N) is 1. The number of fused-ring (bicyclic) bond motifs is 1. The fraction of sp³-hybridized carbons (Fsp3) is 0.231. The van der Waals surface area contributed by atoms with Gasteiger partial charge in [0.1, 0.15) is 6.34 Å². The molecule has 18 heavy (non-hydrogen) atoms. The first-order valence-corrected chi connectivity index (χ1v) is 5.75. The number of amides is 1. The number of anilines is 1. The summed E-state index contributed by atoms with van der Waals surface area (Å²) in [6.45, 7) is 0.802. The number of benzene rings is 1. The van der Waals surface area contributed by atoms with Crippen molar-refractivity contribution in [2.24, 2.45) is 10.9 Å². The smallest absolute Gasteiger partial charge is 0.252 e. The Kier molecular flexibility index (Phi) is 3.62. The largest absolute Gasteiger partial charge is 0.374 e. The molecule has 0 aliphatic carbocycles. The Labute approximate surface area is 106 Å². The third kappa shape index (κ3) is 2.51. The molecule has 0 fully saturated rings. The van der Waals surface area contributed by atoms with Crippen LogP contribution in [0.1, 0.15) is 12.0 Å². The monoisotopic (exact) mass is 244 g/mol. The van der Waals surface area contributed by atoms with Crippen molar-refractivity contribution in [3.63, 3.8) is 0 Å². The number of hydrogen-bond donors (Lipinski definition) is 2. The van der Waals surface area contributed by atoms with E-state index in [-0.39, 0.29) is 5.91 Å². The number of hydrazone groups is 1. The van der Waals surface area contributed by atoms with Crippen molar-refractivity contribution in [3.8, 4) is 0 Å². The molecule has 1 aromatic carbocycles. The Bertz CT molecular complexity index is 507. The number of nitrogens with zero attached hydrogens (tertiary/aromatic N) is 2. The quantitative estimate of drug-likeness (QED) is 0.352. The maximum atomic E-state index is 11.9. The molecule has 1 aliphatic heterocycles. The van der Waals surface area contributed by atoms with Crippen LogP contribution >= 0.6 is 0 Å². The van der Waals surface area contributed by atoms with E-state index < -0.39 is 0 Å². The molecule has 0 unspecified atom stereocenters. The number of carbonyl (C=O) groups is 1. The summed E-state index contributed by atoms with van der Waals surface area (Å²) in [7, 11) is 2.02. The fourth-order valence-electron chi connectivity index (χ4n) is 1.99. The molecule has 2 rings (SSSR count). The van der Waals surface area contributed by atoms with E-state index in [1.165, 1.54) is 6.34 Å². The fourth-order valence-corrected chi connectivity index (χ4v) is 1.99. The second kappa shape index (κ2) is 5.35. The molecule has 0 bridgehead atoms. The topological polar surface area (TPSA) is 70.7 Å². The van der Waals surface area contributed by atoms with Crippen molar-refractivity contribution >= 4 is 24.0 Å². The molecule has 0 saturated carbocycles. The lowest BCUT2D eigenvalue weighted by Crippen LogP contribution is -2.25. The van der Waals surface area contributed by atoms with E-state index >= 15 is 0 Å². The second-order valence-corrected chi connectivity index (χ2v) is 4.15. The normalized spacial score (nSPS) is 14.9. The molecular formula is C13H16N4O. The van der Waals surface area contributed by atoms with Crippen LogP contribution in [0.3, 0.4) is 0 Å². The van der Waals surface area contributed by atoms with Crippen molar-refractivity contribution in [3.05, 3.63) is 35.4 Å². The van der Waals surface area contributed by atoms with Crippen LogP contribution in [0.25, 0.3) is 6.08 Å². The summed E-state index contributed by atoms with van der Waals surface area (Å²) >= 11 is 0. The van der Waals surface area contributed by atoms with Crippen LogP contribution < -0.4 is 16.1 Å². The Morgan fingerprint density at radius 2 is 2.28 bits per heavy atom. The molecule has 1 aromatic rings. The lowest BCUT2D eigenvalue weighted by Gasteiger charge is -2.18. The number of rotatable bonds is 2. The number of para-hydroxylation sites is 1. The van der Waals surface area contributed by atoms with Crippen molar-refractivity contribution in [1.82, 2.24) is 5.32 Å². The van der Waals surface area contributed by atoms with Crippen LogP contribution in [0.4, 0.5) is 5.69 Å². The van der Waals surface area contributed by atoms with Crippen LogP contribution in [0.2, 0.25) is 0 Å². The number of hydrogen-bond acceptors (Lipinski definition) is 4.